The molecule has 4 aliphatic rings. The van der Waals surface area contributed by atoms with Crippen LogP contribution in [-0.2, 0) is 32.1 Å². The molecule has 5 aromatic rings. The van der Waals surface area contributed by atoms with Crippen molar-refractivity contribution >= 4 is 75.3 Å². The third kappa shape index (κ3) is 17.1. The SMILES string of the molecule is CN(C)c1ccc2c(-c3ccc(C(=O)NCCNC(=O)CCc4cn(CCCCC5CCN(CC(=O)N6c7ccccc7NC(=O)c7ccccc76)CC5)cn4)cc3C(=O)[O-])c3ccc(=[N+](C)C)cc-3oc2c1.O=C(O)C(F)(F)F.O=C(O)C(F)(F)F. The molecule has 0 saturated carbocycles. The van der Waals surface area contributed by atoms with Crippen molar-refractivity contribution in [1.82, 2.24) is 29.7 Å². The maximum Gasteiger partial charge on any atom is 0.490 e. The van der Waals surface area contributed by atoms with E-state index in [0.29, 0.717) is 68.4 Å². The second kappa shape index (κ2) is 28.5. The fraction of sp³-hybridized carbons (Fsp3) is 0.328. The van der Waals surface area contributed by atoms with Gasteiger partial charge in [0.15, 0.2) is 0 Å². The van der Waals surface area contributed by atoms with Crippen LogP contribution in [0.5, 0.6) is 0 Å². The van der Waals surface area contributed by atoms with E-state index in [9.17, 15) is 55.4 Å². The Labute approximate surface area is 494 Å². The van der Waals surface area contributed by atoms with Gasteiger partial charge in [-0.15, -0.1) is 0 Å². The highest BCUT2D eigenvalue weighted by atomic mass is 19.4. The van der Waals surface area contributed by atoms with Gasteiger partial charge in [0, 0.05) is 91.8 Å². The van der Waals surface area contributed by atoms with Gasteiger partial charge in [0.2, 0.25) is 17.2 Å². The minimum atomic E-state index is -5.08. The van der Waals surface area contributed by atoms with Gasteiger partial charge in [-0.2, -0.15) is 26.3 Å². The molecular formula is C61H63F6N9O11. The lowest BCUT2D eigenvalue weighted by molar-refractivity contribution is -0.255. The summed E-state index contributed by atoms with van der Waals surface area (Å²) >= 11 is 0. The van der Waals surface area contributed by atoms with Gasteiger partial charge in [-0.1, -0.05) is 43.2 Å². The fourth-order valence-electron chi connectivity index (χ4n) is 9.90. The fourth-order valence-corrected chi connectivity index (χ4v) is 9.90. The molecule has 20 nitrogen and oxygen atoms in total. The average Bonchev–Trinajstić information content (AvgIpc) is 1.22. The summed E-state index contributed by atoms with van der Waals surface area (Å²) in [4.78, 5) is 93.8. The van der Waals surface area contributed by atoms with Crippen LogP contribution in [0.4, 0.5) is 49.1 Å². The van der Waals surface area contributed by atoms with Crippen molar-refractivity contribution in [2.75, 3.05) is 76.0 Å². The van der Waals surface area contributed by atoms with Gasteiger partial charge >= 0.3 is 24.3 Å². The van der Waals surface area contributed by atoms with Crippen molar-refractivity contribution in [3.8, 4) is 22.5 Å². The number of para-hydroxylation sites is 3. The third-order valence-corrected chi connectivity index (χ3v) is 14.4. The lowest BCUT2D eigenvalue weighted by Crippen LogP contribution is -2.42. The molecule has 0 atom stereocenters. The molecule has 1 aliphatic carbocycles. The number of nitrogens with one attached hydrogen (secondary N) is 3. The molecule has 4 aromatic carbocycles. The Bertz CT molecular complexity index is 3690. The summed E-state index contributed by atoms with van der Waals surface area (Å²) < 4.78 is 73.9. The number of aromatic carboxylic acids is 1. The van der Waals surface area contributed by atoms with Gasteiger partial charge in [0.25, 0.3) is 11.8 Å². The number of imidazole rings is 1. The number of nitrogens with zero attached hydrogens (tertiary/aromatic N) is 6. The summed E-state index contributed by atoms with van der Waals surface area (Å²) in [5.41, 5.74) is 6.47. The Kier molecular flexibility index (Phi) is 21.3. The molecule has 0 bridgehead atoms. The molecule has 0 unspecified atom stereocenters. The van der Waals surface area contributed by atoms with Crippen LogP contribution in [0, 0.1) is 5.92 Å². The van der Waals surface area contributed by atoms with E-state index in [1.54, 1.807) is 23.1 Å². The predicted molar refractivity (Wildman–Crippen MR) is 308 cm³/mol. The van der Waals surface area contributed by atoms with Crippen LogP contribution in [0.2, 0.25) is 0 Å². The number of halogens is 6. The standard InChI is InChI=1S/C57H61N9O7.2C2HF3O2/c1-62(2)40-18-21-44-50(32-40)73-51-33-41(63(3)4)19-22-45(51)54(44)42-20-16-38(31-46(42)57(71)72)55(69)59-27-26-58-52(67)23-17-39-34-65(36-60-39)28-10-9-11-37-24-29-64(30-25-37)35-53(68)66-48-14-7-5-12-43(48)56(70)61-47-13-6-8-15-49(47)66;2*3-2(4,5)1(6)7/h5-8,12-16,18-22,31-34,36-37H,9-11,17,23-30,35H2,1-4H3,(H3-,58,59,61,67,69,70,71,72);2*(H,6,7). The van der Waals surface area contributed by atoms with Gasteiger partial charge in [-0.05, 0) is 105 Å². The van der Waals surface area contributed by atoms with Gasteiger partial charge in [0.05, 0.1) is 53.2 Å². The van der Waals surface area contributed by atoms with Crippen LogP contribution in [0.1, 0.15) is 75.3 Å². The molecule has 26 heteroatoms. The molecule has 1 aromatic heterocycles. The summed E-state index contributed by atoms with van der Waals surface area (Å²) in [6.07, 6.45) is -0.380. The minimum absolute atomic E-state index is 0.0586. The Hall–Kier alpha value is -9.59. The van der Waals surface area contributed by atoms with Crippen LogP contribution < -0.4 is 40.8 Å². The Balaban J connectivity index is 0.000000690. The summed E-state index contributed by atoms with van der Waals surface area (Å²) in [6, 6.07) is 30.8. The number of aliphatic carboxylic acids is 2. The number of benzene rings is 5. The van der Waals surface area contributed by atoms with Crippen LogP contribution >= 0.6 is 0 Å². The van der Waals surface area contributed by atoms with Gasteiger partial charge in [-0.25, -0.2) is 19.1 Å². The van der Waals surface area contributed by atoms with Gasteiger partial charge < -0.3 is 49.9 Å². The normalized spacial score (nSPS) is 13.4. The zero-order valence-corrected chi connectivity index (χ0v) is 47.8. The first kappa shape index (κ1) is 65.0. The Morgan fingerprint density at radius 1 is 0.793 bits per heavy atom. The van der Waals surface area contributed by atoms with Crippen molar-refractivity contribution in [2.24, 2.45) is 5.92 Å². The van der Waals surface area contributed by atoms with Crippen molar-refractivity contribution in [1.29, 1.82) is 0 Å². The Morgan fingerprint density at radius 2 is 1.44 bits per heavy atom. The van der Waals surface area contributed by atoms with Crippen molar-refractivity contribution in [2.45, 2.75) is 63.8 Å². The molecule has 1 saturated heterocycles. The molecule has 4 heterocycles. The second-order valence-electron chi connectivity index (χ2n) is 20.9. The number of alkyl halides is 6. The number of anilines is 4. The molecule has 4 amide bonds. The first-order valence-corrected chi connectivity index (χ1v) is 27.4. The van der Waals surface area contributed by atoms with E-state index < -0.39 is 36.2 Å². The second-order valence-corrected chi connectivity index (χ2v) is 20.9. The summed E-state index contributed by atoms with van der Waals surface area (Å²) in [6.45, 7) is 3.15. The summed E-state index contributed by atoms with van der Waals surface area (Å²) in [5.74, 6) is -6.69. The number of carbonyl (C=O) groups excluding carboxylic acids is 5. The number of piperidine rings is 1. The van der Waals surface area contributed by atoms with Gasteiger partial charge in [-0.3, -0.25) is 29.0 Å². The number of carboxylic acids is 3. The summed E-state index contributed by atoms with van der Waals surface area (Å²) in [7, 11) is 7.74. The molecule has 0 spiro atoms. The van der Waals surface area contributed by atoms with Crippen LogP contribution in [-0.4, -0.2) is 139 Å². The molecular weight excluding hydrogens is 1150 g/mol. The van der Waals surface area contributed by atoms with E-state index in [1.165, 1.54) is 6.07 Å². The van der Waals surface area contributed by atoms with Crippen LogP contribution in [0.3, 0.4) is 0 Å². The maximum atomic E-state index is 13.9. The van der Waals surface area contributed by atoms with Gasteiger partial charge in [0.1, 0.15) is 25.4 Å². The number of hydrogen-bond donors (Lipinski definition) is 5. The smallest absolute Gasteiger partial charge is 0.490 e. The monoisotopic (exact) mass is 1210 g/mol. The van der Waals surface area contributed by atoms with Crippen molar-refractivity contribution < 1.29 is 79.6 Å². The number of likely N-dealkylation sites (tertiary alicyclic amines) is 1. The number of aryl methyl sites for hydroxylation is 2. The highest BCUT2D eigenvalue weighted by Crippen LogP contribution is 2.43. The molecule has 5 N–H and O–H groups in total. The zero-order valence-electron chi connectivity index (χ0n) is 47.8. The quantitative estimate of drug-likeness (QED) is 0.0257. The number of carbonyl (C=O) groups is 7. The average molecular weight is 1210 g/mol. The molecule has 3 aliphatic heterocycles. The van der Waals surface area contributed by atoms with E-state index in [2.05, 4.69) is 30.4 Å². The van der Waals surface area contributed by atoms with E-state index >= 15 is 0 Å². The Morgan fingerprint density at radius 3 is 2.09 bits per heavy atom. The summed E-state index contributed by atoms with van der Waals surface area (Å²) in [5, 5.41) is 37.2. The predicted octanol–water partition coefficient (Wildman–Crippen LogP) is 7.42. The molecule has 1 fully saturated rings. The van der Waals surface area contributed by atoms with E-state index in [1.807, 2.05) is 129 Å². The van der Waals surface area contributed by atoms with Crippen LogP contribution in [0.15, 0.2) is 120 Å². The molecule has 460 valence electrons. The number of rotatable bonds is 17. The lowest BCUT2D eigenvalue weighted by atomic mass is 9.89. The van der Waals surface area contributed by atoms with E-state index in [4.69, 9.17) is 24.2 Å². The van der Waals surface area contributed by atoms with E-state index in [0.717, 1.165) is 68.5 Å². The van der Waals surface area contributed by atoms with Crippen molar-refractivity contribution in [3.05, 3.63) is 143 Å². The number of fused-ring (bicyclic) bond motifs is 4. The number of aromatic nitrogens is 2. The maximum absolute atomic E-state index is 13.9. The number of hydrogen-bond acceptors (Lipinski definition) is 12. The topological polar surface area (TPSA) is 263 Å². The minimum Gasteiger partial charge on any atom is -0.545 e. The van der Waals surface area contributed by atoms with Crippen molar-refractivity contribution in [3.63, 3.8) is 0 Å². The highest BCUT2D eigenvalue weighted by molar-refractivity contribution is 6.18. The number of carboxylic acid groups (broad SMARTS) is 3. The first-order valence-electron chi connectivity index (χ1n) is 27.4. The third-order valence-electron chi connectivity index (χ3n) is 14.4. The van der Waals surface area contributed by atoms with Crippen LogP contribution in [0.25, 0.3) is 33.4 Å². The van der Waals surface area contributed by atoms with E-state index in [-0.39, 0.29) is 54.9 Å². The largest absolute Gasteiger partial charge is 0.545 e. The molecule has 9 rings (SSSR count). The highest BCUT2D eigenvalue weighted by Gasteiger charge is 2.39. The zero-order chi connectivity index (χ0) is 63.3. The molecule has 0 radical (unpaired) electrons. The lowest BCUT2D eigenvalue weighted by Gasteiger charge is -2.33. The number of unbranched alkanes of at least 4 members (excludes halogenated alkanes) is 1. The molecule has 87 heavy (non-hydrogen) atoms. The first-order chi connectivity index (χ1) is 41.2. The number of amides is 4.